The fraction of sp³-hybridized carbons (Fsp3) is 0.900. The number of oxime groups is 1. The van der Waals surface area contributed by atoms with E-state index in [9.17, 15) is 0 Å². The van der Waals surface area contributed by atoms with Crippen molar-refractivity contribution in [3.8, 4) is 0 Å². The monoisotopic (exact) mass is 199 g/mol. The zero-order valence-corrected chi connectivity index (χ0v) is 9.40. The van der Waals surface area contributed by atoms with Crippen molar-refractivity contribution in [1.29, 1.82) is 0 Å². The molecular weight excluding hydrogens is 178 g/mol. The first-order chi connectivity index (χ1) is 6.53. The molecule has 82 valence electrons. The Morgan fingerprint density at radius 2 is 1.86 bits per heavy atom. The fourth-order valence-corrected chi connectivity index (χ4v) is 1.78. The van der Waals surface area contributed by atoms with E-state index in [1.54, 1.807) is 6.21 Å². The molecule has 0 aliphatic carbocycles. The van der Waals surface area contributed by atoms with E-state index in [1.807, 2.05) is 0 Å². The van der Waals surface area contributed by atoms with E-state index in [-0.39, 0.29) is 5.41 Å². The largest absolute Gasteiger partial charge is 0.411 e. The van der Waals surface area contributed by atoms with Crippen molar-refractivity contribution in [1.82, 2.24) is 9.80 Å². The van der Waals surface area contributed by atoms with Crippen molar-refractivity contribution in [2.75, 3.05) is 39.8 Å². The molecule has 0 saturated carbocycles. The molecule has 1 saturated heterocycles. The van der Waals surface area contributed by atoms with Crippen LogP contribution >= 0.6 is 0 Å². The minimum absolute atomic E-state index is 0.0370. The Morgan fingerprint density at radius 1 is 1.29 bits per heavy atom. The van der Waals surface area contributed by atoms with Crippen LogP contribution in [0.2, 0.25) is 0 Å². The summed E-state index contributed by atoms with van der Waals surface area (Å²) in [5, 5.41) is 11.6. The van der Waals surface area contributed by atoms with Crippen LogP contribution < -0.4 is 0 Å². The van der Waals surface area contributed by atoms with Crippen LogP contribution in [0.4, 0.5) is 0 Å². The molecule has 0 radical (unpaired) electrons. The molecular formula is C10H21N3O. The number of hydrogen-bond donors (Lipinski definition) is 1. The smallest absolute Gasteiger partial charge is 0.0504 e. The lowest BCUT2D eigenvalue weighted by Gasteiger charge is -2.36. The summed E-state index contributed by atoms with van der Waals surface area (Å²) in [6.45, 7) is 9.62. The zero-order valence-electron chi connectivity index (χ0n) is 9.40. The van der Waals surface area contributed by atoms with Gasteiger partial charge in [-0.05, 0) is 7.05 Å². The first-order valence-corrected chi connectivity index (χ1v) is 5.13. The van der Waals surface area contributed by atoms with Gasteiger partial charge in [0.25, 0.3) is 0 Å². The number of likely N-dealkylation sites (N-methyl/N-ethyl adjacent to an activating group) is 1. The maximum absolute atomic E-state index is 8.52. The maximum atomic E-state index is 8.52. The highest BCUT2D eigenvalue weighted by Gasteiger charge is 2.22. The molecule has 0 unspecified atom stereocenters. The van der Waals surface area contributed by atoms with Crippen LogP contribution in [-0.2, 0) is 0 Å². The molecule has 1 aliphatic heterocycles. The van der Waals surface area contributed by atoms with Gasteiger partial charge in [-0.2, -0.15) is 0 Å². The molecule has 1 heterocycles. The molecule has 1 rings (SSSR count). The zero-order chi connectivity index (χ0) is 10.6. The summed E-state index contributed by atoms with van der Waals surface area (Å²) in [6.07, 6.45) is 1.62. The molecule has 14 heavy (non-hydrogen) atoms. The number of hydrogen-bond acceptors (Lipinski definition) is 4. The summed E-state index contributed by atoms with van der Waals surface area (Å²) < 4.78 is 0. The SMILES string of the molecule is CN1CCN(CC(C)(C)C=NO)CC1. The maximum Gasteiger partial charge on any atom is 0.0504 e. The lowest BCUT2D eigenvalue weighted by atomic mass is 9.94. The van der Waals surface area contributed by atoms with Crippen molar-refractivity contribution in [3.63, 3.8) is 0 Å². The Labute approximate surface area is 86.2 Å². The van der Waals surface area contributed by atoms with E-state index in [0.29, 0.717) is 0 Å². The predicted molar refractivity (Wildman–Crippen MR) is 58.0 cm³/mol. The van der Waals surface area contributed by atoms with Crippen LogP contribution in [0.5, 0.6) is 0 Å². The summed E-state index contributed by atoms with van der Waals surface area (Å²) in [5.41, 5.74) is -0.0370. The minimum atomic E-state index is -0.0370. The highest BCUT2D eigenvalue weighted by molar-refractivity contribution is 5.64. The van der Waals surface area contributed by atoms with Crippen LogP contribution in [0.25, 0.3) is 0 Å². The van der Waals surface area contributed by atoms with Crippen LogP contribution in [0, 0.1) is 5.41 Å². The van der Waals surface area contributed by atoms with Crippen molar-refractivity contribution in [3.05, 3.63) is 0 Å². The molecule has 1 fully saturated rings. The van der Waals surface area contributed by atoms with Gasteiger partial charge in [-0.15, -0.1) is 5.16 Å². The average molecular weight is 199 g/mol. The summed E-state index contributed by atoms with van der Waals surface area (Å²) >= 11 is 0. The first-order valence-electron chi connectivity index (χ1n) is 5.13. The van der Waals surface area contributed by atoms with E-state index in [4.69, 9.17) is 5.21 Å². The van der Waals surface area contributed by atoms with E-state index in [0.717, 1.165) is 32.7 Å². The molecule has 0 amide bonds. The Morgan fingerprint density at radius 3 is 2.36 bits per heavy atom. The normalized spacial score (nSPS) is 21.9. The highest BCUT2D eigenvalue weighted by atomic mass is 16.4. The molecule has 1 aliphatic rings. The number of piperazine rings is 1. The molecule has 0 aromatic heterocycles. The van der Waals surface area contributed by atoms with Gasteiger partial charge in [-0.25, -0.2) is 0 Å². The Bertz CT molecular complexity index is 196. The highest BCUT2D eigenvalue weighted by Crippen LogP contribution is 2.15. The Kier molecular flexibility index (Phi) is 3.89. The van der Waals surface area contributed by atoms with Crippen LogP contribution in [0.3, 0.4) is 0 Å². The summed E-state index contributed by atoms with van der Waals surface area (Å²) in [7, 11) is 2.15. The standard InChI is InChI=1S/C10H21N3O/c1-10(2,8-11-14)9-13-6-4-12(3)5-7-13/h8,14H,4-7,9H2,1-3H3. The van der Waals surface area contributed by atoms with Crippen molar-refractivity contribution >= 4 is 6.21 Å². The van der Waals surface area contributed by atoms with Crippen molar-refractivity contribution in [2.45, 2.75) is 13.8 Å². The Hall–Kier alpha value is -0.610. The van der Waals surface area contributed by atoms with Gasteiger partial charge >= 0.3 is 0 Å². The van der Waals surface area contributed by atoms with Gasteiger partial charge < -0.3 is 10.1 Å². The van der Waals surface area contributed by atoms with Gasteiger partial charge in [-0.1, -0.05) is 13.8 Å². The molecule has 0 atom stereocenters. The van der Waals surface area contributed by atoms with Gasteiger partial charge in [0.2, 0.25) is 0 Å². The van der Waals surface area contributed by atoms with Gasteiger partial charge in [-0.3, -0.25) is 4.90 Å². The van der Waals surface area contributed by atoms with E-state index in [1.165, 1.54) is 0 Å². The average Bonchev–Trinajstić information content (AvgIpc) is 2.08. The second-order valence-electron chi connectivity index (χ2n) is 4.81. The number of rotatable bonds is 3. The van der Waals surface area contributed by atoms with Gasteiger partial charge in [0.1, 0.15) is 0 Å². The molecule has 0 bridgehead atoms. The second kappa shape index (κ2) is 4.75. The van der Waals surface area contributed by atoms with Gasteiger partial charge in [0.05, 0.1) is 6.21 Å². The molecule has 4 nitrogen and oxygen atoms in total. The molecule has 0 aromatic carbocycles. The van der Waals surface area contributed by atoms with Crippen LogP contribution in [-0.4, -0.2) is 61.0 Å². The lowest BCUT2D eigenvalue weighted by Crippen LogP contribution is -2.47. The van der Waals surface area contributed by atoms with E-state index >= 15 is 0 Å². The fourth-order valence-electron chi connectivity index (χ4n) is 1.78. The third-order valence-corrected chi connectivity index (χ3v) is 2.63. The number of nitrogens with zero attached hydrogens (tertiary/aromatic N) is 3. The summed E-state index contributed by atoms with van der Waals surface area (Å²) in [6, 6.07) is 0. The molecule has 0 spiro atoms. The van der Waals surface area contributed by atoms with E-state index < -0.39 is 0 Å². The quantitative estimate of drug-likeness (QED) is 0.413. The van der Waals surface area contributed by atoms with E-state index in [2.05, 4.69) is 35.9 Å². The van der Waals surface area contributed by atoms with Gasteiger partial charge in [0, 0.05) is 38.1 Å². The van der Waals surface area contributed by atoms with Gasteiger partial charge in [0.15, 0.2) is 0 Å². The topological polar surface area (TPSA) is 39.1 Å². The summed E-state index contributed by atoms with van der Waals surface area (Å²) in [4.78, 5) is 4.76. The predicted octanol–water partition coefficient (Wildman–Crippen LogP) is 0.720. The first kappa shape index (κ1) is 11.5. The summed E-state index contributed by atoms with van der Waals surface area (Å²) in [5.74, 6) is 0. The second-order valence-corrected chi connectivity index (χ2v) is 4.81. The van der Waals surface area contributed by atoms with Crippen LogP contribution in [0.1, 0.15) is 13.8 Å². The van der Waals surface area contributed by atoms with Crippen molar-refractivity contribution < 1.29 is 5.21 Å². The third kappa shape index (κ3) is 3.64. The minimum Gasteiger partial charge on any atom is -0.411 e. The lowest BCUT2D eigenvalue weighted by molar-refractivity contribution is 0.131. The third-order valence-electron chi connectivity index (χ3n) is 2.63. The molecule has 0 aromatic rings. The molecule has 1 N–H and O–H groups in total. The molecule has 4 heteroatoms. The van der Waals surface area contributed by atoms with Crippen molar-refractivity contribution in [2.24, 2.45) is 10.6 Å². The van der Waals surface area contributed by atoms with Crippen LogP contribution in [0.15, 0.2) is 5.16 Å². The Balaban J connectivity index is 2.37.